The van der Waals surface area contributed by atoms with E-state index in [-0.39, 0.29) is 0 Å². The zero-order valence-corrected chi connectivity index (χ0v) is 6.06. The van der Waals surface area contributed by atoms with Crippen molar-refractivity contribution in [1.82, 2.24) is 5.32 Å². The van der Waals surface area contributed by atoms with E-state index in [1.54, 1.807) is 0 Å². The SMILES string of the molecule is C#CCCNC1=NCCC1. The lowest BCUT2D eigenvalue weighted by molar-refractivity contribution is 0.883. The van der Waals surface area contributed by atoms with Crippen molar-refractivity contribution in [2.24, 2.45) is 4.99 Å². The van der Waals surface area contributed by atoms with Crippen LogP contribution in [0.5, 0.6) is 0 Å². The molecule has 0 amide bonds. The van der Waals surface area contributed by atoms with E-state index in [1.807, 2.05) is 0 Å². The van der Waals surface area contributed by atoms with Crippen LogP contribution in [-0.2, 0) is 0 Å². The molecule has 0 radical (unpaired) electrons. The molecule has 1 heterocycles. The Bertz CT molecular complexity index is 165. The van der Waals surface area contributed by atoms with Gasteiger partial charge in [0.05, 0.1) is 5.84 Å². The maximum atomic E-state index is 5.08. The quantitative estimate of drug-likeness (QED) is 0.440. The lowest BCUT2D eigenvalue weighted by Crippen LogP contribution is -2.21. The summed E-state index contributed by atoms with van der Waals surface area (Å²) in [5.74, 6) is 3.71. The molecular weight excluding hydrogens is 124 g/mol. The molecule has 0 fully saturated rings. The largest absolute Gasteiger partial charge is 0.373 e. The van der Waals surface area contributed by atoms with Crippen molar-refractivity contribution in [3.8, 4) is 12.3 Å². The van der Waals surface area contributed by atoms with Crippen LogP contribution in [0, 0.1) is 12.3 Å². The predicted octanol–water partition coefficient (Wildman–Crippen LogP) is 0.792. The molecule has 2 nitrogen and oxygen atoms in total. The van der Waals surface area contributed by atoms with Crippen molar-refractivity contribution in [2.75, 3.05) is 13.1 Å². The molecule has 0 aliphatic carbocycles. The average molecular weight is 136 g/mol. The van der Waals surface area contributed by atoms with Crippen LogP contribution in [0.4, 0.5) is 0 Å². The summed E-state index contributed by atoms with van der Waals surface area (Å²) in [6.45, 7) is 1.85. The lowest BCUT2D eigenvalue weighted by atomic mass is 10.3. The van der Waals surface area contributed by atoms with E-state index in [0.717, 1.165) is 31.8 Å². The number of nitrogens with zero attached hydrogens (tertiary/aromatic N) is 1. The van der Waals surface area contributed by atoms with E-state index in [4.69, 9.17) is 6.42 Å². The summed E-state index contributed by atoms with van der Waals surface area (Å²) in [6.07, 6.45) is 8.17. The maximum Gasteiger partial charge on any atom is 0.0964 e. The highest BCUT2D eigenvalue weighted by Crippen LogP contribution is 2.00. The molecule has 0 spiro atoms. The normalized spacial score (nSPS) is 16.1. The molecule has 1 aliphatic rings. The molecule has 0 aromatic carbocycles. The van der Waals surface area contributed by atoms with Gasteiger partial charge in [0.15, 0.2) is 0 Å². The van der Waals surface area contributed by atoms with E-state index in [9.17, 15) is 0 Å². The Labute approximate surface area is 61.7 Å². The van der Waals surface area contributed by atoms with E-state index in [0.29, 0.717) is 0 Å². The van der Waals surface area contributed by atoms with Gasteiger partial charge < -0.3 is 5.32 Å². The Balaban J connectivity index is 2.08. The minimum absolute atomic E-state index is 0.791. The molecule has 1 aliphatic heterocycles. The molecule has 54 valence electrons. The zero-order valence-electron chi connectivity index (χ0n) is 6.06. The third-order valence-corrected chi connectivity index (χ3v) is 1.47. The topological polar surface area (TPSA) is 24.4 Å². The first kappa shape index (κ1) is 7.14. The molecule has 1 N–H and O–H groups in total. The van der Waals surface area contributed by atoms with Gasteiger partial charge in [-0.15, -0.1) is 12.3 Å². The van der Waals surface area contributed by atoms with E-state index in [1.165, 1.54) is 6.42 Å². The molecule has 10 heavy (non-hydrogen) atoms. The van der Waals surface area contributed by atoms with Crippen LogP contribution in [0.2, 0.25) is 0 Å². The van der Waals surface area contributed by atoms with Crippen LogP contribution in [0.1, 0.15) is 19.3 Å². The molecule has 0 bridgehead atoms. The molecule has 0 aromatic rings. The number of rotatable bonds is 2. The van der Waals surface area contributed by atoms with E-state index in [2.05, 4.69) is 16.2 Å². The Morgan fingerprint density at radius 1 is 1.70 bits per heavy atom. The second kappa shape index (κ2) is 3.94. The minimum Gasteiger partial charge on any atom is -0.373 e. The van der Waals surface area contributed by atoms with Crippen LogP contribution >= 0.6 is 0 Å². The van der Waals surface area contributed by atoms with Crippen molar-refractivity contribution in [3.05, 3.63) is 0 Å². The molecule has 0 saturated carbocycles. The number of hydrogen-bond donors (Lipinski definition) is 1. The van der Waals surface area contributed by atoms with Crippen LogP contribution in [0.3, 0.4) is 0 Å². The standard InChI is InChI=1S/C8H12N2/c1-2-3-6-9-8-5-4-7-10-8/h1H,3-7H2,(H,9,10). The van der Waals surface area contributed by atoms with Gasteiger partial charge >= 0.3 is 0 Å². The third-order valence-electron chi connectivity index (χ3n) is 1.47. The van der Waals surface area contributed by atoms with Gasteiger partial charge in [-0.1, -0.05) is 0 Å². The van der Waals surface area contributed by atoms with Gasteiger partial charge in [0.2, 0.25) is 0 Å². The van der Waals surface area contributed by atoms with Crippen molar-refractivity contribution in [1.29, 1.82) is 0 Å². The number of terminal acetylenes is 1. The van der Waals surface area contributed by atoms with Gasteiger partial charge in [-0.25, -0.2) is 0 Å². The molecule has 0 unspecified atom stereocenters. The fourth-order valence-electron chi connectivity index (χ4n) is 0.963. The van der Waals surface area contributed by atoms with Crippen LogP contribution in [-0.4, -0.2) is 18.9 Å². The number of nitrogens with one attached hydrogen (secondary N) is 1. The zero-order chi connectivity index (χ0) is 7.23. The summed E-state index contributed by atoms with van der Waals surface area (Å²) in [5, 5.41) is 3.19. The number of hydrogen-bond acceptors (Lipinski definition) is 2. The van der Waals surface area contributed by atoms with Gasteiger partial charge in [0.25, 0.3) is 0 Å². The molecule has 2 heteroatoms. The first-order chi connectivity index (χ1) is 4.93. The Hall–Kier alpha value is -0.970. The van der Waals surface area contributed by atoms with Crippen molar-refractivity contribution >= 4 is 5.84 Å². The first-order valence-corrected chi connectivity index (χ1v) is 3.64. The summed E-state index contributed by atoms with van der Waals surface area (Å²) >= 11 is 0. The second-order valence-corrected chi connectivity index (χ2v) is 2.31. The van der Waals surface area contributed by atoms with Gasteiger partial charge in [-0.3, -0.25) is 4.99 Å². The highest BCUT2D eigenvalue weighted by molar-refractivity contribution is 5.83. The lowest BCUT2D eigenvalue weighted by Gasteiger charge is -2.00. The minimum atomic E-state index is 0.791. The predicted molar refractivity (Wildman–Crippen MR) is 43.0 cm³/mol. The van der Waals surface area contributed by atoms with Gasteiger partial charge in [0, 0.05) is 25.9 Å². The van der Waals surface area contributed by atoms with E-state index < -0.39 is 0 Å². The van der Waals surface area contributed by atoms with Crippen LogP contribution < -0.4 is 5.32 Å². The molecule has 0 aromatic heterocycles. The Morgan fingerprint density at radius 3 is 3.20 bits per heavy atom. The van der Waals surface area contributed by atoms with Crippen molar-refractivity contribution in [2.45, 2.75) is 19.3 Å². The summed E-state index contributed by atoms with van der Waals surface area (Å²) in [7, 11) is 0. The smallest absolute Gasteiger partial charge is 0.0964 e. The van der Waals surface area contributed by atoms with Gasteiger partial charge in [-0.05, 0) is 6.42 Å². The van der Waals surface area contributed by atoms with Gasteiger partial charge in [0.1, 0.15) is 0 Å². The van der Waals surface area contributed by atoms with Crippen molar-refractivity contribution < 1.29 is 0 Å². The Kier molecular flexibility index (Phi) is 2.82. The highest BCUT2D eigenvalue weighted by Gasteiger charge is 2.03. The van der Waals surface area contributed by atoms with Gasteiger partial charge in [-0.2, -0.15) is 0 Å². The maximum absolute atomic E-state index is 5.08. The fourth-order valence-corrected chi connectivity index (χ4v) is 0.963. The fraction of sp³-hybridized carbons (Fsp3) is 0.625. The number of aliphatic imine (C=N–C) groups is 1. The van der Waals surface area contributed by atoms with E-state index >= 15 is 0 Å². The van der Waals surface area contributed by atoms with Crippen LogP contribution in [0.25, 0.3) is 0 Å². The highest BCUT2D eigenvalue weighted by atomic mass is 15.0. The van der Waals surface area contributed by atoms with Crippen molar-refractivity contribution in [3.63, 3.8) is 0 Å². The summed E-state index contributed by atoms with van der Waals surface area (Å²) in [6, 6.07) is 0. The third kappa shape index (κ3) is 2.10. The second-order valence-electron chi connectivity index (χ2n) is 2.31. The average Bonchev–Trinajstić information content (AvgIpc) is 2.41. The van der Waals surface area contributed by atoms with Crippen LogP contribution in [0.15, 0.2) is 4.99 Å². The monoisotopic (exact) mass is 136 g/mol. The molecular formula is C8H12N2. The molecule has 1 rings (SSSR count). The molecule has 0 saturated heterocycles. The summed E-state index contributed by atoms with van der Waals surface area (Å²) in [5.41, 5.74) is 0. The molecule has 0 atom stereocenters. The Morgan fingerprint density at radius 2 is 2.60 bits per heavy atom. The number of amidine groups is 1. The summed E-state index contributed by atoms with van der Waals surface area (Å²) < 4.78 is 0. The summed E-state index contributed by atoms with van der Waals surface area (Å²) in [4.78, 5) is 4.24. The first-order valence-electron chi connectivity index (χ1n) is 3.64.